The normalized spacial score (nSPS) is 22.7. The highest BCUT2D eigenvalue weighted by Gasteiger charge is 2.42. The molecule has 3 rings (SSSR count). The van der Waals surface area contributed by atoms with Crippen molar-refractivity contribution in [1.29, 1.82) is 0 Å². The number of hydrogen-bond acceptors (Lipinski definition) is 3. The van der Waals surface area contributed by atoms with Gasteiger partial charge in [-0.25, -0.2) is 0 Å². The van der Waals surface area contributed by atoms with E-state index in [4.69, 9.17) is 15.2 Å². The van der Waals surface area contributed by atoms with Gasteiger partial charge in [-0.3, -0.25) is 0 Å². The summed E-state index contributed by atoms with van der Waals surface area (Å²) in [6, 6.07) is 6.06. The minimum atomic E-state index is -0.378. The van der Waals surface area contributed by atoms with Crippen LogP contribution in [0.25, 0.3) is 0 Å². The zero-order valence-corrected chi connectivity index (χ0v) is 10.2. The highest BCUT2D eigenvalue weighted by Crippen LogP contribution is 2.46. The number of fused-ring (bicyclic) bond motifs is 1. The monoisotopic (exact) mass is 233 g/mol. The molecule has 1 aromatic carbocycles. The average Bonchev–Trinajstić information content (AvgIpc) is 2.66. The molecule has 92 valence electrons. The van der Waals surface area contributed by atoms with Crippen LogP contribution >= 0.6 is 0 Å². The van der Waals surface area contributed by atoms with Crippen LogP contribution in [0.2, 0.25) is 0 Å². The molecule has 0 saturated heterocycles. The van der Waals surface area contributed by atoms with Crippen molar-refractivity contribution >= 4 is 0 Å². The van der Waals surface area contributed by atoms with E-state index in [0.29, 0.717) is 0 Å². The van der Waals surface area contributed by atoms with Crippen molar-refractivity contribution in [3.05, 3.63) is 23.8 Å². The van der Waals surface area contributed by atoms with Crippen LogP contribution in [-0.4, -0.2) is 5.79 Å². The molecule has 3 nitrogen and oxygen atoms in total. The molecule has 0 bridgehead atoms. The number of benzene rings is 1. The summed E-state index contributed by atoms with van der Waals surface area (Å²) in [5.41, 5.74) is 6.98. The van der Waals surface area contributed by atoms with Gasteiger partial charge in [-0.2, -0.15) is 0 Å². The maximum absolute atomic E-state index is 6.05. The third-order valence-corrected chi connectivity index (χ3v) is 3.70. The topological polar surface area (TPSA) is 44.5 Å². The highest BCUT2D eigenvalue weighted by atomic mass is 16.7. The van der Waals surface area contributed by atoms with Crippen molar-refractivity contribution in [3.63, 3.8) is 0 Å². The lowest BCUT2D eigenvalue weighted by molar-refractivity contribution is -0.105. The molecule has 1 spiro atoms. The number of ether oxygens (including phenoxy) is 2. The fraction of sp³-hybridized carbons (Fsp3) is 0.571. The number of hydrogen-bond donors (Lipinski definition) is 1. The van der Waals surface area contributed by atoms with Crippen LogP contribution < -0.4 is 15.2 Å². The van der Waals surface area contributed by atoms with Gasteiger partial charge < -0.3 is 15.2 Å². The fourth-order valence-electron chi connectivity index (χ4n) is 2.69. The van der Waals surface area contributed by atoms with Gasteiger partial charge >= 0.3 is 0 Å². The van der Waals surface area contributed by atoms with Gasteiger partial charge in [-0.1, -0.05) is 12.5 Å². The van der Waals surface area contributed by atoms with Crippen LogP contribution in [0.4, 0.5) is 0 Å². The van der Waals surface area contributed by atoms with Crippen LogP contribution in [0, 0.1) is 0 Å². The zero-order valence-electron chi connectivity index (χ0n) is 10.2. The maximum atomic E-state index is 6.05. The van der Waals surface area contributed by atoms with Crippen LogP contribution in [0.3, 0.4) is 0 Å². The van der Waals surface area contributed by atoms with Crippen LogP contribution in [0.1, 0.15) is 50.6 Å². The Bertz CT molecular complexity index is 422. The molecule has 1 aliphatic carbocycles. The Kier molecular flexibility index (Phi) is 2.51. The highest BCUT2D eigenvalue weighted by molar-refractivity contribution is 5.46. The first-order chi connectivity index (χ1) is 8.19. The first kappa shape index (κ1) is 10.9. The molecule has 2 N–H and O–H groups in total. The molecular formula is C14H19NO2. The summed E-state index contributed by atoms with van der Waals surface area (Å²) in [6.45, 7) is 1.98. The van der Waals surface area contributed by atoms with Crippen molar-refractivity contribution in [3.8, 4) is 11.5 Å². The lowest BCUT2D eigenvalue weighted by atomic mass is 9.94. The van der Waals surface area contributed by atoms with E-state index in [9.17, 15) is 0 Å². The van der Waals surface area contributed by atoms with Crippen molar-refractivity contribution < 1.29 is 9.47 Å². The van der Waals surface area contributed by atoms with E-state index >= 15 is 0 Å². The second-order valence-electron chi connectivity index (χ2n) is 5.17. The Hall–Kier alpha value is -1.22. The quantitative estimate of drug-likeness (QED) is 0.810. The molecule has 1 fully saturated rings. The van der Waals surface area contributed by atoms with Gasteiger partial charge in [0.1, 0.15) is 0 Å². The van der Waals surface area contributed by atoms with Gasteiger partial charge in [0, 0.05) is 18.9 Å². The molecule has 3 heteroatoms. The van der Waals surface area contributed by atoms with Crippen molar-refractivity contribution in [2.75, 3.05) is 0 Å². The smallest absolute Gasteiger partial charge is 0.251 e. The molecule has 0 aromatic heterocycles. The van der Waals surface area contributed by atoms with E-state index in [1.807, 2.05) is 25.1 Å². The summed E-state index contributed by atoms with van der Waals surface area (Å²) < 4.78 is 12.1. The third kappa shape index (κ3) is 1.89. The Morgan fingerprint density at radius 3 is 2.53 bits per heavy atom. The average molecular weight is 233 g/mol. The Morgan fingerprint density at radius 1 is 1.12 bits per heavy atom. The predicted molar refractivity (Wildman–Crippen MR) is 66.1 cm³/mol. The molecule has 0 amide bonds. The molecule has 0 radical (unpaired) electrons. The first-order valence-electron chi connectivity index (χ1n) is 6.46. The third-order valence-electron chi connectivity index (χ3n) is 3.70. The van der Waals surface area contributed by atoms with Gasteiger partial charge in [0.05, 0.1) is 0 Å². The lowest BCUT2D eigenvalue weighted by Crippen LogP contribution is -2.40. The molecule has 1 atom stereocenters. The minimum absolute atomic E-state index is 0.0341. The second kappa shape index (κ2) is 3.91. The summed E-state index contributed by atoms with van der Waals surface area (Å²) in [5.74, 6) is 1.36. The van der Waals surface area contributed by atoms with Gasteiger partial charge in [0.25, 0.3) is 5.79 Å². The van der Waals surface area contributed by atoms with Gasteiger partial charge in [-0.15, -0.1) is 0 Å². The first-order valence-corrected chi connectivity index (χ1v) is 6.46. The molecule has 1 saturated carbocycles. The predicted octanol–water partition coefficient (Wildman–Crippen LogP) is 3.14. The summed E-state index contributed by atoms with van der Waals surface area (Å²) in [4.78, 5) is 0. The van der Waals surface area contributed by atoms with E-state index in [2.05, 4.69) is 0 Å². The zero-order chi connectivity index (χ0) is 11.9. The second-order valence-corrected chi connectivity index (χ2v) is 5.17. The molecule has 1 aliphatic heterocycles. The molecule has 1 aromatic rings. The fourth-order valence-corrected chi connectivity index (χ4v) is 2.69. The Balaban J connectivity index is 1.87. The summed E-state index contributed by atoms with van der Waals surface area (Å²) in [7, 11) is 0. The van der Waals surface area contributed by atoms with E-state index in [0.717, 1.165) is 29.9 Å². The molecular weight excluding hydrogens is 214 g/mol. The van der Waals surface area contributed by atoms with Crippen molar-refractivity contribution in [2.24, 2.45) is 5.73 Å². The van der Waals surface area contributed by atoms with Gasteiger partial charge in [0.15, 0.2) is 11.5 Å². The van der Waals surface area contributed by atoms with Crippen LogP contribution in [0.5, 0.6) is 11.5 Å². The van der Waals surface area contributed by atoms with Gasteiger partial charge in [-0.05, 0) is 37.5 Å². The summed E-state index contributed by atoms with van der Waals surface area (Å²) >= 11 is 0. The van der Waals surface area contributed by atoms with Crippen molar-refractivity contribution in [2.45, 2.75) is 50.9 Å². The molecule has 17 heavy (non-hydrogen) atoms. The SMILES string of the molecule is CC(N)c1ccc2c(c1)OC1(CCCCC1)O2. The van der Waals surface area contributed by atoms with Crippen molar-refractivity contribution in [1.82, 2.24) is 0 Å². The van der Waals surface area contributed by atoms with E-state index in [1.54, 1.807) is 0 Å². The summed E-state index contributed by atoms with van der Waals surface area (Å²) in [5, 5.41) is 0. The lowest BCUT2D eigenvalue weighted by Gasteiger charge is -2.31. The molecule has 1 heterocycles. The number of rotatable bonds is 1. The Labute approximate surface area is 102 Å². The Morgan fingerprint density at radius 2 is 1.82 bits per heavy atom. The number of nitrogens with two attached hydrogens (primary N) is 1. The van der Waals surface area contributed by atoms with E-state index < -0.39 is 0 Å². The van der Waals surface area contributed by atoms with Crippen LogP contribution in [-0.2, 0) is 0 Å². The van der Waals surface area contributed by atoms with Crippen LogP contribution in [0.15, 0.2) is 18.2 Å². The molecule has 1 unspecified atom stereocenters. The van der Waals surface area contributed by atoms with E-state index in [-0.39, 0.29) is 11.8 Å². The van der Waals surface area contributed by atoms with E-state index in [1.165, 1.54) is 19.3 Å². The standard InChI is InChI=1S/C14H19NO2/c1-10(15)11-5-6-12-13(9-11)17-14(16-12)7-3-2-4-8-14/h5-6,9-10H,2-4,7-8,15H2,1H3. The minimum Gasteiger partial charge on any atom is -0.448 e. The van der Waals surface area contributed by atoms with Gasteiger partial charge in [0.2, 0.25) is 0 Å². The largest absolute Gasteiger partial charge is 0.448 e. The molecule has 2 aliphatic rings. The maximum Gasteiger partial charge on any atom is 0.251 e. The summed E-state index contributed by atoms with van der Waals surface area (Å²) in [6.07, 6.45) is 5.66.